The van der Waals surface area contributed by atoms with Gasteiger partial charge in [-0.1, -0.05) is 161 Å². The first-order valence-corrected chi connectivity index (χ1v) is 19.6. The number of hydrogen-bond donors (Lipinski definition) is 0. The molecule has 2 fully saturated rings. The molecule has 0 N–H and O–H groups in total. The van der Waals surface area contributed by atoms with Crippen LogP contribution in [0.1, 0.15) is 47.9 Å². The lowest BCUT2D eigenvalue weighted by atomic mass is 10.0. The number of rotatable bonds is 10. The highest BCUT2D eigenvalue weighted by atomic mass is 31.1. The minimum Gasteiger partial charge on any atom is -0.0676 e. The van der Waals surface area contributed by atoms with Crippen molar-refractivity contribution in [3.05, 3.63) is 168 Å². The summed E-state index contributed by atoms with van der Waals surface area (Å²) >= 11 is 0. The van der Waals surface area contributed by atoms with E-state index in [-0.39, 0.29) is 15.8 Å². The van der Waals surface area contributed by atoms with Crippen LogP contribution in [-0.2, 0) is 25.7 Å². The molecule has 0 amide bonds. The molecule has 222 valence electrons. The van der Waals surface area contributed by atoms with Gasteiger partial charge in [0.15, 0.2) is 0 Å². The Balaban J connectivity index is 1.27. The minimum atomic E-state index is -0.292. The van der Waals surface area contributed by atoms with Crippen LogP contribution in [0.15, 0.2) is 146 Å². The molecule has 2 saturated heterocycles. The summed E-state index contributed by atoms with van der Waals surface area (Å²) in [7, 11) is -0.584. The topological polar surface area (TPSA) is 0 Å². The maximum atomic E-state index is 2.59. The van der Waals surface area contributed by atoms with Crippen molar-refractivity contribution in [3.63, 3.8) is 0 Å². The van der Waals surface area contributed by atoms with Gasteiger partial charge in [-0.15, -0.1) is 0 Å². The first kappa shape index (κ1) is 29.7. The second-order valence-electron chi connectivity index (χ2n) is 12.8. The van der Waals surface area contributed by atoms with Gasteiger partial charge < -0.3 is 0 Å². The maximum absolute atomic E-state index is 2.59. The van der Waals surface area contributed by atoms with Gasteiger partial charge in [0.25, 0.3) is 0 Å². The van der Waals surface area contributed by atoms with Gasteiger partial charge in [0, 0.05) is 0 Å². The molecular weight excluding hydrogens is 566 g/mol. The zero-order valence-electron chi connectivity index (χ0n) is 25.7. The van der Waals surface area contributed by atoms with Gasteiger partial charge in [-0.05, 0) is 107 Å². The van der Waals surface area contributed by atoms with E-state index in [2.05, 4.69) is 146 Å². The molecule has 7 rings (SSSR count). The lowest BCUT2D eigenvalue weighted by Crippen LogP contribution is -2.32. The summed E-state index contributed by atoms with van der Waals surface area (Å²) in [6.07, 6.45) is 10.3. The van der Waals surface area contributed by atoms with Crippen molar-refractivity contribution in [3.8, 4) is 0 Å². The standard InChI is InChI=1S/C42H44P2/c1-5-15-33(16-6-1)29-37-25-26-38(30-34-17-7-2-8-18-34)43(37)41-23-13-14-24-42(41)44-39(31-35-19-9-3-10-20-35)27-28-40(44)32-36-21-11-4-12-22-36/h1-24,37-40H,25-32H2/t37-,38-,39-,40-/m0/s1. The fraction of sp³-hybridized carbons (Fsp3) is 0.286. The van der Waals surface area contributed by atoms with Gasteiger partial charge in [0.05, 0.1) is 0 Å². The van der Waals surface area contributed by atoms with Gasteiger partial charge in [-0.3, -0.25) is 0 Å². The van der Waals surface area contributed by atoms with Gasteiger partial charge in [0.1, 0.15) is 0 Å². The molecule has 5 aromatic carbocycles. The lowest BCUT2D eigenvalue weighted by molar-refractivity contribution is 0.713. The normalized spacial score (nSPS) is 22.4. The molecule has 2 heterocycles. The average Bonchev–Trinajstić information content (AvgIpc) is 3.65. The fourth-order valence-corrected chi connectivity index (χ4v) is 15.9. The van der Waals surface area contributed by atoms with Gasteiger partial charge >= 0.3 is 0 Å². The summed E-state index contributed by atoms with van der Waals surface area (Å²) in [4.78, 5) is 0. The van der Waals surface area contributed by atoms with Crippen LogP contribution in [0.2, 0.25) is 0 Å². The second kappa shape index (κ2) is 14.4. The molecule has 2 aliphatic heterocycles. The Bertz CT molecular complexity index is 1360. The molecule has 0 aromatic heterocycles. The predicted octanol–water partition coefficient (Wildman–Crippen LogP) is 9.93. The molecule has 0 saturated carbocycles. The monoisotopic (exact) mass is 610 g/mol. The van der Waals surface area contributed by atoms with E-state index in [9.17, 15) is 0 Å². The van der Waals surface area contributed by atoms with Crippen LogP contribution in [0.5, 0.6) is 0 Å². The van der Waals surface area contributed by atoms with Crippen LogP contribution < -0.4 is 10.6 Å². The van der Waals surface area contributed by atoms with Crippen LogP contribution >= 0.6 is 15.8 Å². The molecule has 44 heavy (non-hydrogen) atoms. The van der Waals surface area contributed by atoms with Crippen molar-refractivity contribution in [1.82, 2.24) is 0 Å². The lowest BCUT2D eigenvalue weighted by Gasteiger charge is -2.34. The smallest absolute Gasteiger partial charge is 0.0125 e. The Kier molecular flexibility index (Phi) is 9.69. The summed E-state index contributed by atoms with van der Waals surface area (Å²) in [5.74, 6) is 0. The first-order valence-electron chi connectivity index (χ1n) is 16.6. The van der Waals surface area contributed by atoms with E-state index in [1.807, 2.05) is 0 Å². The highest BCUT2D eigenvalue weighted by Crippen LogP contribution is 2.61. The largest absolute Gasteiger partial charge is 0.0676 e. The van der Waals surface area contributed by atoms with Crippen LogP contribution in [0.4, 0.5) is 0 Å². The third-order valence-corrected chi connectivity index (χ3v) is 16.9. The molecule has 2 heteroatoms. The molecule has 5 aromatic rings. The Morgan fingerprint density at radius 1 is 0.318 bits per heavy atom. The van der Waals surface area contributed by atoms with Crippen molar-refractivity contribution < 1.29 is 0 Å². The molecule has 0 aliphatic carbocycles. The molecule has 4 atom stereocenters. The number of hydrogen-bond acceptors (Lipinski definition) is 0. The summed E-state index contributed by atoms with van der Waals surface area (Å²) in [5.41, 5.74) is 9.05. The molecule has 0 nitrogen and oxygen atoms in total. The highest BCUT2D eigenvalue weighted by Gasteiger charge is 2.42. The summed E-state index contributed by atoms with van der Waals surface area (Å²) in [5, 5.41) is 3.51. The van der Waals surface area contributed by atoms with E-state index in [0.29, 0.717) is 0 Å². The van der Waals surface area contributed by atoms with Crippen LogP contribution in [0.25, 0.3) is 0 Å². The molecular formula is C42H44P2. The molecule has 0 radical (unpaired) electrons. The Morgan fingerprint density at radius 2 is 0.545 bits per heavy atom. The quantitative estimate of drug-likeness (QED) is 0.138. The van der Waals surface area contributed by atoms with E-state index in [0.717, 1.165) is 22.6 Å². The number of benzene rings is 5. The SMILES string of the molecule is c1ccc(C[C@@H]2CC[C@@H](Cc3ccccc3)P2c2ccccc2P2[C@H](Cc3ccccc3)CC[C@H]2Cc2ccccc2)cc1. The first-order chi connectivity index (χ1) is 21.8. The molecule has 0 spiro atoms. The molecule has 2 aliphatic rings. The van der Waals surface area contributed by atoms with E-state index < -0.39 is 0 Å². The van der Waals surface area contributed by atoms with Crippen LogP contribution in [-0.4, -0.2) is 22.6 Å². The Hall–Kier alpha value is -3.04. The van der Waals surface area contributed by atoms with Crippen molar-refractivity contribution in [2.45, 2.75) is 74.0 Å². The average molecular weight is 611 g/mol. The summed E-state index contributed by atoms with van der Waals surface area (Å²) < 4.78 is 0. The van der Waals surface area contributed by atoms with Crippen molar-refractivity contribution in [2.75, 3.05) is 0 Å². The predicted molar refractivity (Wildman–Crippen MR) is 194 cm³/mol. The zero-order chi connectivity index (χ0) is 29.6. The highest BCUT2D eigenvalue weighted by molar-refractivity contribution is 7.73. The van der Waals surface area contributed by atoms with Crippen LogP contribution in [0.3, 0.4) is 0 Å². The van der Waals surface area contributed by atoms with E-state index in [1.54, 1.807) is 10.6 Å². The van der Waals surface area contributed by atoms with Gasteiger partial charge in [-0.25, -0.2) is 0 Å². The van der Waals surface area contributed by atoms with Crippen LogP contribution in [0, 0.1) is 0 Å². The van der Waals surface area contributed by atoms with E-state index in [1.165, 1.54) is 73.6 Å². The molecule has 0 unspecified atom stereocenters. The maximum Gasteiger partial charge on any atom is -0.0125 e. The van der Waals surface area contributed by atoms with Gasteiger partial charge in [-0.2, -0.15) is 0 Å². The third kappa shape index (κ3) is 6.94. The zero-order valence-corrected chi connectivity index (χ0v) is 27.5. The molecule has 0 bridgehead atoms. The van der Waals surface area contributed by atoms with E-state index >= 15 is 0 Å². The van der Waals surface area contributed by atoms with Crippen molar-refractivity contribution in [1.29, 1.82) is 0 Å². The summed E-state index contributed by atoms with van der Waals surface area (Å²) in [6.45, 7) is 0. The summed E-state index contributed by atoms with van der Waals surface area (Å²) in [6, 6.07) is 55.2. The second-order valence-corrected chi connectivity index (χ2v) is 18.3. The van der Waals surface area contributed by atoms with Gasteiger partial charge in [0.2, 0.25) is 0 Å². The van der Waals surface area contributed by atoms with Crippen molar-refractivity contribution in [2.24, 2.45) is 0 Å². The van der Waals surface area contributed by atoms with E-state index in [4.69, 9.17) is 0 Å². The minimum absolute atomic E-state index is 0.292. The van der Waals surface area contributed by atoms with Crippen molar-refractivity contribution >= 4 is 26.5 Å². The Morgan fingerprint density at radius 3 is 0.795 bits per heavy atom. The third-order valence-electron chi connectivity index (χ3n) is 9.93. The fourth-order valence-electron chi connectivity index (χ4n) is 7.96. The Labute approximate surface area is 267 Å².